The first kappa shape index (κ1) is 29.1. The van der Waals surface area contributed by atoms with Gasteiger partial charge in [-0.1, -0.05) is 70.0 Å². The molecule has 1 aromatic rings. The molecule has 0 radical (unpaired) electrons. The second-order valence-electron chi connectivity index (χ2n) is 10.5. The van der Waals surface area contributed by atoms with E-state index in [0.29, 0.717) is 31.8 Å². The molecule has 0 spiro atoms. The van der Waals surface area contributed by atoms with Gasteiger partial charge in [-0.25, -0.2) is 0 Å². The van der Waals surface area contributed by atoms with Crippen molar-refractivity contribution in [3.05, 3.63) is 47.5 Å². The summed E-state index contributed by atoms with van der Waals surface area (Å²) in [5.41, 5.74) is 2.47. The number of likely N-dealkylation sites (N-methyl/N-ethyl adjacent to an activating group) is 1. The number of carbonyl (C=O) groups excluding carboxylic acids is 2. The molecular formula is C29H47N3O3. The average Bonchev–Trinajstić information content (AvgIpc) is 2.83. The number of hydrogen-bond donors (Lipinski definition) is 3. The standard InChI is InChI=1S/C29H47N3O3/c1-21(2)25-15-12-14-24(18-25)19-30-20-27(33)26-17-22(3)13-10-8-6-7-9-11-16-28(34)32(5)23(4)29(35)31-26/h10,12-15,18,21-23,26-27,30,33H,6-9,11,16-17,19-20H2,1-5H3,(H,31,35)/b13-10+/t22-,23+,26+,27-/m1/s1. The van der Waals surface area contributed by atoms with Crippen LogP contribution in [0, 0.1) is 5.92 Å². The molecule has 196 valence electrons. The quantitative estimate of drug-likeness (QED) is 0.517. The van der Waals surface area contributed by atoms with Crippen LogP contribution in [0.25, 0.3) is 0 Å². The van der Waals surface area contributed by atoms with Gasteiger partial charge in [-0.2, -0.15) is 0 Å². The molecule has 4 atom stereocenters. The Bertz CT molecular complexity index is 823. The van der Waals surface area contributed by atoms with Gasteiger partial charge in [0.1, 0.15) is 6.04 Å². The second-order valence-corrected chi connectivity index (χ2v) is 10.5. The van der Waals surface area contributed by atoms with Crippen molar-refractivity contribution in [1.29, 1.82) is 0 Å². The smallest absolute Gasteiger partial charge is 0.242 e. The number of carbonyl (C=O) groups is 2. The van der Waals surface area contributed by atoms with Gasteiger partial charge in [0.05, 0.1) is 12.1 Å². The van der Waals surface area contributed by atoms with Gasteiger partial charge in [0.25, 0.3) is 0 Å². The first-order chi connectivity index (χ1) is 16.7. The molecule has 1 aliphatic heterocycles. The maximum atomic E-state index is 13.0. The zero-order chi connectivity index (χ0) is 25.8. The highest BCUT2D eigenvalue weighted by Crippen LogP contribution is 2.17. The van der Waals surface area contributed by atoms with Crippen molar-refractivity contribution in [2.75, 3.05) is 13.6 Å². The van der Waals surface area contributed by atoms with Crippen molar-refractivity contribution < 1.29 is 14.7 Å². The van der Waals surface area contributed by atoms with Gasteiger partial charge in [0.2, 0.25) is 11.8 Å². The van der Waals surface area contributed by atoms with E-state index in [4.69, 9.17) is 0 Å². The average molecular weight is 486 g/mol. The minimum Gasteiger partial charge on any atom is -0.390 e. The molecule has 3 N–H and O–H groups in total. The van der Waals surface area contributed by atoms with Crippen LogP contribution >= 0.6 is 0 Å². The minimum atomic E-state index is -0.741. The van der Waals surface area contributed by atoms with E-state index in [1.807, 2.05) is 0 Å². The predicted octanol–water partition coefficient (Wildman–Crippen LogP) is 4.53. The maximum Gasteiger partial charge on any atom is 0.242 e. The number of benzene rings is 1. The first-order valence-corrected chi connectivity index (χ1v) is 13.4. The molecule has 2 rings (SSSR count). The summed E-state index contributed by atoms with van der Waals surface area (Å²) in [6, 6.07) is 7.49. The van der Waals surface area contributed by atoms with Crippen LogP contribution in [0.4, 0.5) is 0 Å². The molecule has 6 heteroatoms. The molecule has 0 aromatic heterocycles. The van der Waals surface area contributed by atoms with Crippen LogP contribution < -0.4 is 10.6 Å². The third kappa shape index (κ3) is 10.1. The number of rotatable bonds is 6. The van der Waals surface area contributed by atoms with Gasteiger partial charge >= 0.3 is 0 Å². The summed E-state index contributed by atoms with van der Waals surface area (Å²) in [6.45, 7) is 9.25. The van der Waals surface area contributed by atoms with Gasteiger partial charge in [-0.05, 0) is 55.6 Å². The highest BCUT2D eigenvalue weighted by molar-refractivity contribution is 5.87. The van der Waals surface area contributed by atoms with Crippen LogP contribution in [0.2, 0.25) is 0 Å². The molecule has 1 aromatic carbocycles. The fourth-order valence-electron chi connectivity index (χ4n) is 4.45. The Morgan fingerprint density at radius 3 is 2.63 bits per heavy atom. The number of amides is 2. The lowest BCUT2D eigenvalue weighted by atomic mass is 9.96. The zero-order valence-corrected chi connectivity index (χ0v) is 22.4. The Kier molecular flexibility index (Phi) is 12.5. The minimum absolute atomic E-state index is 0.00426. The van der Waals surface area contributed by atoms with E-state index >= 15 is 0 Å². The summed E-state index contributed by atoms with van der Waals surface area (Å²) in [5, 5.41) is 17.4. The normalized spacial score (nSPS) is 25.3. The molecule has 0 fully saturated rings. The lowest BCUT2D eigenvalue weighted by molar-refractivity contribution is -0.139. The van der Waals surface area contributed by atoms with Crippen molar-refractivity contribution in [3.8, 4) is 0 Å². The molecule has 0 saturated heterocycles. The fourth-order valence-corrected chi connectivity index (χ4v) is 4.45. The number of nitrogens with zero attached hydrogens (tertiary/aromatic N) is 1. The fraction of sp³-hybridized carbons (Fsp3) is 0.655. The monoisotopic (exact) mass is 485 g/mol. The highest BCUT2D eigenvalue weighted by Gasteiger charge is 2.28. The van der Waals surface area contributed by atoms with E-state index in [2.05, 4.69) is 67.8 Å². The Labute approximate surface area is 212 Å². The van der Waals surface area contributed by atoms with Crippen molar-refractivity contribution in [2.24, 2.45) is 5.92 Å². The Hall–Kier alpha value is -2.18. The number of hydrogen-bond acceptors (Lipinski definition) is 4. The van der Waals surface area contributed by atoms with E-state index in [1.165, 1.54) is 16.0 Å². The van der Waals surface area contributed by atoms with Gasteiger partial charge in [0, 0.05) is 26.6 Å². The van der Waals surface area contributed by atoms with Crippen LogP contribution in [-0.4, -0.2) is 53.6 Å². The van der Waals surface area contributed by atoms with E-state index < -0.39 is 18.2 Å². The van der Waals surface area contributed by atoms with E-state index in [9.17, 15) is 14.7 Å². The molecule has 0 unspecified atom stereocenters. The van der Waals surface area contributed by atoms with Crippen molar-refractivity contribution in [1.82, 2.24) is 15.5 Å². The Balaban J connectivity index is 2.05. The molecule has 1 aliphatic rings. The van der Waals surface area contributed by atoms with Crippen molar-refractivity contribution in [2.45, 2.75) is 103 Å². The van der Waals surface area contributed by atoms with Gasteiger partial charge in [0.15, 0.2) is 0 Å². The molecule has 6 nitrogen and oxygen atoms in total. The molecule has 0 bridgehead atoms. The summed E-state index contributed by atoms with van der Waals surface area (Å²) >= 11 is 0. The summed E-state index contributed by atoms with van der Waals surface area (Å²) in [4.78, 5) is 27.1. The van der Waals surface area contributed by atoms with Gasteiger partial charge < -0.3 is 20.6 Å². The summed E-state index contributed by atoms with van der Waals surface area (Å²) < 4.78 is 0. The van der Waals surface area contributed by atoms with Crippen LogP contribution in [-0.2, 0) is 16.1 Å². The van der Waals surface area contributed by atoms with Gasteiger partial charge in [-0.15, -0.1) is 0 Å². The van der Waals surface area contributed by atoms with E-state index in [1.54, 1.807) is 14.0 Å². The topological polar surface area (TPSA) is 81.7 Å². The van der Waals surface area contributed by atoms with Crippen LogP contribution in [0.15, 0.2) is 36.4 Å². The Morgan fingerprint density at radius 1 is 1.14 bits per heavy atom. The van der Waals surface area contributed by atoms with Gasteiger partial charge in [-0.3, -0.25) is 9.59 Å². The lowest BCUT2D eigenvalue weighted by Crippen LogP contribution is -2.53. The molecule has 35 heavy (non-hydrogen) atoms. The Morgan fingerprint density at radius 2 is 1.89 bits per heavy atom. The van der Waals surface area contributed by atoms with Crippen molar-refractivity contribution in [3.63, 3.8) is 0 Å². The second kappa shape index (κ2) is 15.0. The van der Waals surface area contributed by atoms with E-state index in [0.717, 1.165) is 32.1 Å². The SMILES string of the molecule is CC(C)c1cccc(CNC[C@@H](O)[C@@H]2C[C@H](C)/C=C/CCCCCCC(=O)N(C)[C@@H](C)C(=O)N2)c1. The molecule has 2 amide bonds. The first-order valence-electron chi connectivity index (χ1n) is 13.4. The van der Waals surface area contributed by atoms with Crippen LogP contribution in [0.1, 0.15) is 89.7 Å². The van der Waals surface area contributed by atoms with E-state index in [-0.39, 0.29) is 17.7 Å². The predicted molar refractivity (Wildman–Crippen MR) is 143 cm³/mol. The number of aliphatic hydroxyl groups is 1. The maximum absolute atomic E-state index is 13.0. The lowest BCUT2D eigenvalue weighted by Gasteiger charge is -2.30. The number of aliphatic hydroxyl groups excluding tert-OH is 1. The summed E-state index contributed by atoms with van der Waals surface area (Å²) in [6.07, 6.45) is 9.91. The van der Waals surface area contributed by atoms with Crippen LogP contribution in [0.3, 0.4) is 0 Å². The zero-order valence-electron chi connectivity index (χ0n) is 22.4. The number of nitrogens with one attached hydrogen (secondary N) is 2. The van der Waals surface area contributed by atoms with Crippen molar-refractivity contribution >= 4 is 11.8 Å². The third-order valence-corrected chi connectivity index (χ3v) is 7.05. The summed E-state index contributed by atoms with van der Waals surface area (Å²) in [7, 11) is 1.69. The molecule has 0 saturated carbocycles. The number of allylic oxidation sites excluding steroid dienone is 2. The largest absolute Gasteiger partial charge is 0.390 e. The van der Waals surface area contributed by atoms with Crippen LogP contribution in [0.5, 0.6) is 0 Å². The summed E-state index contributed by atoms with van der Waals surface area (Å²) in [5.74, 6) is 0.462. The molecule has 0 aliphatic carbocycles. The molecule has 1 heterocycles. The third-order valence-electron chi connectivity index (χ3n) is 7.05. The highest BCUT2D eigenvalue weighted by atomic mass is 16.3. The molecular weight excluding hydrogens is 438 g/mol.